The van der Waals surface area contributed by atoms with Gasteiger partial charge in [-0.1, -0.05) is 29.3 Å². The predicted octanol–water partition coefficient (Wildman–Crippen LogP) is 2.09. The number of nitrogens with one attached hydrogen (secondary N) is 1. The second-order valence-corrected chi connectivity index (χ2v) is 4.62. The number of hydrogen-bond donors (Lipinski definition) is 2. The first-order chi connectivity index (χ1) is 7.15. The maximum absolute atomic E-state index is 9.98. The van der Waals surface area contributed by atoms with Gasteiger partial charge in [0.25, 0.3) is 0 Å². The van der Waals surface area contributed by atoms with Gasteiger partial charge in [-0.05, 0) is 32.3 Å². The molecule has 0 aliphatic heterocycles. The third kappa shape index (κ3) is 3.05. The van der Waals surface area contributed by atoms with Crippen molar-refractivity contribution < 1.29 is 5.11 Å². The first kappa shape index (κ1) is 10.7. The van der Waals surface area contributed by atoms with E-state index in [9.17, 15) is 5.11 Å². The highest BCUT2D eigenvalue weighted by atomic mass is 16.3. The van der Waals surface area contributed by atoms with Crippen LogP contribution in [-0.4, -0.2) is 17.7 Å². The largest absolute Gasteiger partial charge is 0.387 e. The molecule has 0 radical (unpaired) electrons. The quantitative estimate of drug-likeness (QED) is 0.789. The number of rotatable bonds is 4. The van der Waals surface area contributed by atoms with Crippen molar-refractivity contribution in [1.29, 1.82) is 0 Å². The minimum atomic E-state index is -0.371. The van der Waals surface area contributed by atoms with E-state index in [2.05, 4.69) is 37.4 Å². The van der Waals surface area contributed by atoms with E-state index >= 15 is 0 Å². The van der Waals surface area contributed by atoms with Gasteiger partial charge in [-0.3, -0.25) is 0 Å². The van der Waals surface area contributed by atoms with E-state index in [4.69, 9.17) is 0 Å². The Balaban J connectivity index is 1.99. The van der Waals surface area contributed by atoms with Gasteiger partial charge in [-0.25, -0.2) is 0 Å². The molecule has 0 heterocycles. The van der Waals surface area contributed by atoms with Crippen LogP contribution < -0.4 is 5.32 Å². The third-order valence-corrected chi connectivity index (χ3v) is 2.81. The van der Waals surface area contributed by atoms with Crippen molar-refractivity contribution in [3.8, 4) is 0 Å². The summed E-state index contributed by atoms with van der Waals surface area (Å²) in [5.41, 5.74) is 3.46. The minimum absolute atomic E-state index is 0.371. The zero-order valence-corrected chi connectivity index (χ0v) is 9.46. The van der Waals surface area contributed by atoms with E-state index in [0.29, 0.717) is 12.6 Å². The highest BCUT2D eigenvalue weighted by Crippen LogP contribution is 2.21. The smallest absolute Gasteiger partial charge is 0.0914 e. The fraction of sp³-hybridized carbons (Fsp3) is 0.538. The summed E-state index contributed by atoms with van der Waals surface area (Å²) < 4.78 is 0. The highest BCUT2D eigenvalue weighted by molar-refractivity contribution is 5.30. The Morgan fingerprint density at radius 3 is 2.40 bits per heavy atom. The average Bonchev–Trinajstić information content (AvgIpc) is 2.96. The summed E-state index contributed by atoms with van der Waals surface area (Å²) in [6, 6.07) is 6.91. The van der Waals surface area contributed by atoms with Crippen molar-refractivity contribution in [3.63, 3.8) is 0 Å². The Bertz CT molecular complexity index is 324. The first-order valence-corrected chi connectivity index (χ1v) is 5.65. The van der Waals surface area contributed by atoms with E-state index in [1.54, 1.807) is 0 Å². The lowest BCUT2D eigenvalue weighted by Gasteiger charge is -2.13. The molecule has 0 spiro atoms. The molecule has 1 aliphatic carbocycles. The lowest BCUT2D eigenvalue weighted by atomic mass is 10.0. The number of aliphatic hydroxyl groups excluding tert-OH is 1. The van der Waals surface area contributed by atoms with E-state index in [1.807, 2.05) is 0 Å². The van der Waals surface area contributed by atoms with Crippen molar-refractivity contribution in [2.75, 3.05) is 6.54 Å². The summed E-state index contributed by atoms with van der Waals surface area (Å²) in [6.45, 7) is 4.81. The fourth-order valence-electron chi connectivity index (χ4n) is 1.89. The summed E-state index contributed by atoms with van der Waals surface area (Å²) >= 11 is 0. The number of aliphatic hydroxyl groups is 1. The van der Waals surface area contributed by atoms with E-state index in [1.165, 1.54) is 24.0 Å². The fourth-order valence-corrected chi connectivity index (χ4v) is 1.89. The van der Waals surface area contributed by atoms with Crippen LogP contribution in [0.1, 0.15) is 35.6 Å². The topological polar surface area (TPSA) is 32.3 Å². The van der Waals surface area contributed by atoms with Gasteiger partial charge in [0.1, 0.15) is 0 Å². The van der Waals surface area contributed by atoms with Gasteiger partial charge in [0.15, 0.2) is 0 Å². The highest BCUT2D eigenvalue weighted by Gasteiger charge is 2.21. The zero-order valence-electron chi connectivity index (χ0n) is 9.46. The Labute approximate surface area is 91.3 Å². The van der Waals surface area contributed by atoms with Crippen LogP contribution >= 0.6 is 0 Å². The van der Waals surface area contributed by atoms with Crippen LogP contribution in [0.3, 0.4) is 0 Å². The van der Waals surface area contributed by atoms with E-state index < -0.39 is 0 Å². The molecular formula is C13H19NO. The maximum atomic E-state index is 9.98. The van der Waals surface area contributed by atoms with Crippen LogP contribution in [0.5, 0.6) is 0 Å². The zero-order chi connectivity index (χ0) is 10.8. The molecule has 82 valence electrons. The van der Waals surface area contributed by atoms with Gasteiger partial charge in [0.2, 0.25) is 0 Å². The monoisotopic (exact) mass is 205 g/mol. The molecule has 1 saturated carbocycles. The molecule has 1 aromatic carbocycles. The summed E-state index contributed by atoms with van der Waals surface area (Å²) in [7, 11) is 0. The van der Waals surface area contributed by atoms with Gasteiger partial charge in [0.05, 0.1) is 6.10 Å². The summed E-state index contributed by atoms with van der Waals surface area (Å²) in [5, 5.41) is 13.3. The predicted molar refractivity (Wildman–Crippen MR) is 61.9 cm³/mol. The molecule has 1 atom stereocenters. The molecule has 1 aromatic rings. The average molecular weight is 205 g/mol. The first-order valence-electron chi connectivity index (χ1n) is 5.65. The van der Waals surface area contributed by atoms with Crippen LogP contribution in [-0.2, 0) is 0 Å². The lowest BCUT2D eigenvalue weighted by Crippen LogP contribution is -2.23. The van der Waals surface area contributed by atoms with Gasteiger partial charge < -0.3 is 10.4 Å². The van der Waals surface area contributed by atoms with Crippen LogP contribution in [0.15, 0.2) is 18.2 Å². The molecule has 2 nitrogen and oxygen atoms in total. The van der Waals surface area contributed by atoms with Crippen LogP contribution in [0.2, 0.25) is 0 Å². The molecule has 2 heteroatoms. The van der Waals surface area contributed by atoms with Gasteiger partial charge in [0, 0.05) is 12.6 Å². The molecule has 2 N–H and O–H groups in total. The molecule has 15 heavy (non-hydrogen) atoms. The third-order valence-electron chi connectivity index (χ3n) is 2.81. The molecule has 0 saturated heterocycles. The second-order valence-electron chi connectivity index (χ2n) is 4.62. The standard InChI is InChI=1S/C13H19NO/c1-9-5-10(2)7-11(6-9)13(15)8-14-12-3-4-12/h5-7,12-15H,3-4,8H2,1-2H3. The van der Waals surface area contributed by atoms with Crippen molar-refractivity contribution in [2.24, 2.45) is 0 Å². The van der Waals surface area contributed by atoms with Crippen molar-refractivity contribution in [2.45, 2.75) is 38.8 Å². The molecule has 0 bridgehead atoms. The molecule has 1 aliphatic rings. The van der Waals surface area contributed by atoms with Gasteiger partial charge >= 0.3 is 0 Å². The number of hydrogen-bond acceptors (Lipinski definition) is 2. The summed E-state index contributed by atoms with van der Waals surface area (Å²) in [6.07, 6.45) is 2.16. The minimum Gasteiger partial charge on any atom is -0.387 e. The van der Waals surface area contributed by atoms with E-state index in [-0.39, 0.29) is 6.10 Å². The molecule has 0 amide bonds. The van der Waals surface area contributed by atoms with Crippen molar-refractivity contribution in [1.82, 2.24) is 5.32 Å². The normalized spacial score (nSPS) is 17.8. The van der Waals surface area contributed by atoms with Gasteiger partial charge in [-0.2, -0.15) is 0 Å². The SMILES string of the molecule is Cc1cc(C)cc(C(O)CNC2CC2)c1. The van der Waals surface area contributed by atoms with Crippen molar-refractivity contribution in [3.05, 3.63) is 34.9 Å². The molecule has 0 aromatic heterocycles. The Hall–Kier alpha value is -0.860. The summed E-state index contributed by atoms with van der Waals surface area (Å²) in [4.78, 5) is 0. The van der Waals surface area contributed by atoms with Gasteiger partial charge in [-0.15, -0.1) is 0 Å². The Morgan fingerprint density at radius 2 is 1.87 bits per heavy atom. The van der Waals surface area contributed by atoms with Crippen LogP contribution in [0.25, 0.3) is 0 Å². The summed E-state index contributed by atoms with van der Waals surface area (Å²) in [5.74, 6) is 0. The number of benzene rings is 1. The van der Waals surface area contributed by atoms with E-state index in [0.717, 1.165) is 5.56 Å². The maximum Gasteiger partial charge on any atom is 0.0914 e. The molecule has 1 unspecified atom stereocenters. The molecule has 1 fully saturated rings. The molecule has 2 rings (SSSR count). The second kappa shape index (κ2) is 4.33. The molecular weight excluding hydrogens is 186 g/mol. The van der Waals surface area contributed by atoms with Crippen molar-refractivity contribution >= 4 is 0 Å². The van der Waals surface area contributed by atoms with Crippen LogP contribution in [0, 0.1) is 13.8 Å². The van der Waals surface area contributed by atoms with Crippen LogP contribution in [0.4, 0.5) is 0 Å². The lowest BCUT2D eigenvalue weighted by molar-refractivity contribution is 0.174. The number of aryl methyl sites for hydroxylation is 2. The Morgan fingerprint density at radius 1 is 1.27 bits per heavy atom. The Kier molecular flexibility index (Phi) is 3.08.